The number of hydrogen-bond acceptors (Lipinski definition) is 10. The molecule has 0 spiro atoms. The molecule has 11 nitrogen and oxygen atoms in total. The standard InChI is InChI=1S/C28H34FN7O4/c1-17(37)14-20(30)24(38)28(2)15-39-26(40-16-28)25-33-22(18-4-6-19(29)7-5-18)23(34-25)21-8-9-31-27(32-21)36-12-10-35(3)11-13-36/h4-9,17,26,30,37H,10-16H2,1-3H3,(H,33,34). The highest BCUT2D eigenvalue weighted by Gasteiger charge is 2.42. The van der Waals surface area contributed by atoms with E-state index in [-0.39, 0.29) is 31.2 Å². The van der Waals surface area contributed by atoms with Gasteiger partial charge in [-0.15, -0.1) is 0 Å². The number of Topliss-reactive ketones (excluding diaryl/α,β-unsaturated/α-hetero) is 1. The minimum atomic E-state index is -1.05. The van der Waals surface area contributed by atoms with Crippen LogP contribution in [0.25, 0.3) is 22.6 Å². The van der Waals surface area contributed by atoms with Gasteiger partial charge in [0.15, 0.2) is 11.6 Å². The number of nitrogens with one attached hydrogen (secondary N) is 2. The number of aliphatic hydroxyl groups excluding tert-OH is 1. The molecule has 2 aliphatic rings. The van der Waals surface area contributed by atoms with Gasteiger partial charge in [-0.3, -0.25) is 4.79 Å². The minimum Gasteiger partial charge on any atom is -0.393 e. The Balaban J connectivity index is 1.42. The number of imidazole rings is 1. The number of anilines is 1. The average Bonchev–Trinajstić information content (AvgIpc) is 3.39. The third-order valence-electron chi connectivity index (χ3n) is 7.18. The van der Waals surface area contributed by atoms with Crippen molar-refractivity contribution in [2.75, 3.05) is 51.3 Å². The average molecular weight is 552 g/mol. The van der Waals surface area contributed by atoms with Crippen LogP contribution in [0.1, 0.15) is 32.4 Å². The highest BCUT2D eigenvalue weighted by Crippen LogP contribution is 2.36. The van der Waals surface area contributed by atoms with Crippen molar-refractivity contribution >= 4 is 17.4 Å². The molecule has 0 saturated carbocycles. The third kappa shape index (κ3) is 5.94. The van der Waals surface area contributed by atoms with Crippen molar-refractivity contribution in [2.24, 2.45) is 5.41 Å². The van der Waals surface area contributed by atoms with Gasteiger partial charge in [-0.05, 0) is 51.2 Å². The number of ketones is 1. The summed E-state index contributed by atoms with van der Waals surface area (Å²) in [6, 6.07) is 7.82. The summed E-state index contributed by atoms with van der Waals surface area (Å²) in [5, 5.41) is 17.6. The van der Waals surface area contributed by atoms with Crippen molar-refractivity contribution in [3.8, 4) is 22.6 Å². The second-order valence-corrected chi connectivity index (χ2v) is 10.8. The first-order chi connectivity index (χ1) is 19.1. The van der Waals surface area contributed by atoms with Gasteiger partial charge in [0.05, 0.1) is 47.5 Å². The van der Waals surface area contributed by atoms with Gasteiger partial charge >= 0.3 is 0 Å². The van der Waals surface area contributed by atoms with Crippen LogP contribution in [-0.4, -0.2) is 94.0 Å². The number of carbonyl (C=O) groups excluding carboxylic acids is 1. The maximum atomic E-state index is 13.7. The Labute approximate surface area is 231 Å². The normalized spacial score (nSPS) is 22.7. The molecule has 2 aliphatic heterocycles. The van der Waals surface area contributed by atoms with E-state index in [1.807, 2.05) is 0 Å². The molecule has 0 bridgehead atoms. The Bertz CT molecular complexity index is 1360. The molecule has 0 amide bonds. The second-order valence-electron chi connectivity index (χ2n) is 10.8. The molecule has 40 heavy (non-hydrogen) atoms. The van der Waals surface area contributed by atoms with Gasteiger partial charge in [0.25, 0.3) is 0 Å². The fraction of sp³-hybridized carbons (Fsp3) is 0.464. The molecule has 1 atom stereocenters. The summed E-state index contributed by atoms with van der Waals surface area (Å²) in [5.41, 5.74) is 1.23. The molecular weight excluding hydrogens is 517 g/mol. The highest BCUT2D eigenvalue weighted by atomic mass is 19.1. The van der Waals surface area contributed by atoms with Gasteiger partial charge in [-0.2, -0.15) is 0 Å². The zero-order valence-electron chi connectivity index (χ0n) is 22.9. The molecule has 2 fully saturated rings. The molecule has 0 radical (unpaired) electrons. The fourth-order valence-corrected chi connectivity index (χ4v) is 4.80. The number of hydrogen-bond donors (Lipinski definition) is 3. The number of nitrogens with zero attached hydrogens (tertiary/aromatic N) is 5. The molecule has 2 aromatic heterocycles. The number of benzene rings is 1. The van der Waals surface area contributed by atoms with E-state index in [0.29, 0.717) is 34.4 Å². The van der Waals surface area contributed by atoms with Crippen LogP contribution >= 0.6 is 0 Å². The SMILES string of the molecule is CC(O)CC(=N)C(=O)C1(C)COC(c2nc(-c3ccc(F)cc3)c(-c3ccnc(N4CCN(C)CC4)n3)[nH]2)OC1. The van der Waals surface area contributed by atoms with E-state index >= 15 is 0 Å². The molecular formula is C28H34FN7O4. The number of H-pyrrole nitrogens is 1. The summed E-state index contributed by atoms with van der Waals surface area (Å²) in [7, 11) is 2.09. The largest absolute Gasteiger partial charge is 0.393 e. The van der Waals surface area contributed by atoms with E-state index in [4.69, 9.17) is 24.9 Å². The number of carbonyl (C=O) groups is 1. The van der Waals surface area contributed by atoms with Crippen molar-refractivity contribution < 1.29 is 23.8 Å². The van der Waals surface area contributed by atoms with Gasteiger partial charge in [-0.1, -0.05) is 0 Å². The maximum Gasteiger partial charge on any atom is 0.225 e. The number of halogens is 1. The van der Waals surface area contributed by atoms with Crippen molar-refractivity contribution in [2.45, 2.75) is 32.7 Å². The van der Waals surface area contributed by atoms with Crippen molar-refractivity contribution in [3.63, 3.8) is 0 Å². The third-order valence-corrected chi connectivity index (χ3v) is 7.18. The van der Waals surface area contributed by atoms with Crippen LogP contribution in [0.15, 0.2) is 36.5 Å². The number of aromatic nitrogens is 4. The predicted molar refractivity (Wildman–Crippen MR) is 147 cm³/mol. The quantitative estimate of drug-likeness (QED) is 0.361. The van der Waals surface area contributed by atoms with Crippen LogP contribution in [-0.2, 0) is 14.3 Å². The first-order valence-corrected chi connectivity index (χ1v) is 13.3. The number of piperazine rings is 1. The summed E-state index contributed by atoms with van der Waals surface area (Å²) in [5.74, 6) is 0.217. The monoisotopic (exact) mass is 551 g/mol. The van der Waals surface area contributed by atoms with E-state index in [1.165, 1.54) is 19.1 Å². The van der Waals surface area contributed by atoms with Gasteiger partial charge in [0, 0.05) is 44.4 Å². The number of rotatable bonds is 8. The lowest BCUT2D eigenvalue weighted by Crippen LogP contribution is -2.46. The number of aromatic amines is 1. The lowest BCUT2D eigenvalue weighted by atomic mass is 9.83. The van der Waals surface area contributed by atoms with Gasteiger partial charge in [0.1, 0.15) is 5.82 Å². The van der Waals surface area contributed by atoms with Crippen LogP contribution in [0.4, 0.5) is 10.3 Å². The lowest BCUT2D eigenvalue weighted by molar-refractivity contribution is -0.228. The van der Waals surface area contributed by atoms with Crippen molar-refractivity contribution in [3.05, 3.63) is 48.2 Å². The topological polar surface area (TPSA) is 141 Å². The predicted octanol–water partition coefficient (Wildman–Crippen LogP) is 2.84. The van der Waals surface area contributed by atoms with E-state index in [0.717, 1.165) is 26.2 Å². The zero-order chi connectivity index (χ0) is 28.4. The molecule has 3 aromatic rings. The summed E-state index contributed by atoms with van der Waals surface area (Å²) in [6.45, 7) is 6.71. The van der Waals surface area contributed by atoms with E-state index in [9.17, 15) is 14.3 Å². The molecule has 1 unspecified atom stereocenters. The molecule has 1 aromatic carbocycles. The minimum absolute atomic E-state index is 0.0155. The van der Waals surface area contributed by atoms with Crippen LogP contribution in [0, 0.1) is 16.6 Å². The smallest absolute Gasteiger partial charge is 0.225 e. The van der Waals surface area contributed by atoms with Gasteiger partial charge in [0.2, 0.25) is 12.2 Å². The first-order valence-electron chi connectivity index (χ1n) is 13.3. The highest BCUT2D eigenvalue weighted by molar-refractivity contribution is 6.40. The zero-order valence-corrected chi connectivity index (χ0v) is 22.9. The van der Waals surface area contributed by atoms with Crippen LogP contribution in [0.2, 0.25) is 0 Å². The summed E-state index contributed by atoms with van der Waals surface area (Å²) in [6.07, 6.45) is -0.00491. The Kier molecular flexibility index (Phi) is 8.04. The molecule has 5 rings (SSSR count). The van der Waals surface area contributed by atoms with Crippen LogP contribution < -0.4 is 4.90 Å². The van der Waals surface area contributed by atoms with Gasteiger partial charge < -0.3 is 34.8 Å². The van der Waals surface area contributed by atoms with E-state index in [1.54, 1.807) is 31.3 Å². The molecule has 0 aliphatic carbocycles. The number of ether oxygens (including phenoxy) is 2. The van der Waals surface area contributed by atoms with Gasteiger partial charge in [-0.25, -0.2) is 19.3 Å². The van der Waals surface area contributed by atoms with E-state index < -0.39 is 23.6 Å². The molecule has 4 heterocycles. The molecule has 3 N–H and O–H groups in total. The Morgan fingerprint density at radius 1 is 1.18 bits per heavy atom. The van der Waals surface area contributed by atoms with E-state index in [2.05, 4.69) is 26.8 Å². The Morgan fingerprint density at radius 2 is 1.85 bits per heavy atom. The molecule has 12 heteroatoms. The molecule has 2 saturated heterocycles. The number of aliphatic hydroxyl groups is 1. The summed E-state index contributed by atoms with van der Waals surface area (Å²) < 4.78 is 25.6. The second kappa shape index (κ2) is 11.5. The Hall–Kier alpha value is -3.58. The van der Waals surface area contributed by atoms with Crippen molar-refractivity contribution in [1.29, 1.82) is 5.41 Å². The fourth-order valence-electron chi connectivity index (χ4n) is 4.80. The van der Waals surface area contributed by atoms with Crippen molar-refractivity contribution in [1.82, 2.24) is 24.8 Å². The maximum absolute atomic E-state index is 13.7. The summed E-state index contributed by atoms with van der Waals surface area (Å²) in [4.78, 5) is 34.6. The van der Waals surface area contributed by atoms with Crippen LogP contribution in [0.5, 0.6) is 0 Å². The van der Waals surface area contributed by atoms with Crippen LogP contribution in [0.3, 0.4) is 0 Å². The molecule has 212 valence electrons. The first kappa shape index (κ1) is 28.0. The summed E-state index contributed by atoms with van der Waals surface area (Å²) >= 11 is 0. The number of likely N-dealkylation sites (N-methyl/N-ethyl adjacent to an activating group) is 1. The lowest BCUT2D eigenvalue weighted by Gasteiger charge is -2.35. The Morgan fingerprint density at radius 3 is 2.50 bits per heavy atom.